The van der Waals surface area contributed by atoms with E-state index in [9.17, 15) is 0 Å². The van der Waals surface area contributed by atoms with Gasteiger partial charge in [-0.05, 0) is 113 Å². The minimum absolute atomic E-state index is 1.12. The summed E-state index contributed by atoms with van der Waals surface area (Å²) in [6, 6.07) is 61.3. The van der Waals surface area contributed by atoms with Crippen molar-refractivity contribution in [3.63, 3.8) is 0 Å². The molecule has 0 saturated carbocycles. The molecule has 3 heteroatoms. The van der Waals surface area contributed by atoms with Crippen LogP contribution in [0.5, 0.6) is 0 Å². The Balaban J connectivity index is 1.06. The quantitative estimate of drug-likeness (QED) is 0.170. The van der Waals surface area contributed by atoms with Crippen LogP contribution in [0, 0.1) is 0 Å². The molecule has 234 valence electrons. The lowest BCUT2D eigenvalue weighted by atomic mass is 10.0. The molecule has 49 heavy (non-hydrogen) atoms. The second kappa shape index (κ2) is 12.6. The van der Waals surface area contributed by atoms with Crippen molar-refractivity contribution in [1.82, 2.24) is 0 Å². The maximum atomic E-state index is 2.36. The first kappa shape index (κ1) is 29.3. The van der Waals surface area contributed by atoms with Crippen LogP contribution < -0.4 is 9.80 Å². The van der Waals surface area contributed by atoms with Crippen LogP contribution in [0.1, 0.15) is 16.9 Å². The minimum Gasteiger partial charge on any atom is -0.310 e. The Hall–Kier alpha value is -5.90. The van der Waals surface area contributed by atoms with Gasteiger partial charge in [0.15, 0.2) is 0 Å². The van der Waals surface area contributed by atoms with E-state index in [1.165, 1.54) is 53.8 Å². The summed E-state index contributed by atoms with van der Waals surface area (Å²) in [5, 5.41) is 3.85. The Morgan fingerprint density at radius 2 is 1.02 bits per heavy atom. The third-order valence-electron chi connectivity index (χ3n) is 9.52. The van der Waals surface area contributed by atoms with Gasteiger partial charge in [-0.2, -0.15) is 0 Å². The summed E-state index contributed by atoms with van der Waals surface area (Å²) in [6.07, 6.45) is 6.85. The van der Waals surface area contributed by atoms with Crippen LogP contribution >= 0.6 is 11.3 Å². The molecular weight excluding hydrogens is 613 g/mol. The van der Waals surface area contributed by atoms with Gasteiger partial charge in [0, 0.05) is 43.4 Å². The highest BCUT2D eigenvalue weighted by atomic mass is 32.1. The largest absolute Gasteiger partial charge is 0.310 e. The second-order valence-corrected chi connectivity index (χ2v) is 13.6. The van der Waals surface area contributed by atoms with Crippen LogP contribution in [-0.4, -0.2) is 0 Å². The SMILES string of the molecule is C1=Cc2sc3cc(N(c4ccccc4)c4ccc(-c5ccc(N(c6ccccc6)c6cccc7ccccc67)cc5)cc4)ccc3c2CC1. The normalized spacial score (nSPS) is 12.2. The molecule has 1 heterocycles. The summed E-state index contributed by atoms with van der Waals surface area (Å²) >= 11 is 1.90. The molecule has 0 spiro atoms. The fourth-order valence-electron chi connectivity index (χ4n) is 7.14. The topological polar surface area (TPSA) is 6.48 Å². The Bertz CT molecular complexity index is 2420. The zero-order valence-electron chi connectivity index (χ0n) is 27.0. The van der Waals surface area contributed by atoms with Crippen LogP contribution in [0.25, 0.3) is 38.1 Å². The number of anilines is 6. The molecule has 1 aliphatic carbocycles. The molecule has 0 radical (unpaired) electrons. The van der Waals surface area contributed by atoms with Crippen molar-refractivity contribution < 1.29 is 0 Å². The number of allylic oxidation sites excluding steroid dienone is 1. The summed E-state index contributed by atoms with van der Waals surface area (Å²) in [5.74, 6) is 0. The van der Waals surface area contributed by atoms with Gasteiger partial charge in [0.2, 0.25) is 0 Å². The number of rotatable bonds is 7. The number of fused-ring (bicyclic) bond motifs is 4. The van der Waals surface area contributed by atoms with Gasteiger partial charge >= 0.3 is 0 Å². The lowest BCUT2D eigenvalue weighted by molar-refractivity contribution is 1.01. The van der Waals surface area contributed by atoms with E-state index < -0.39 is 0 Å². The summed E-state index contributed by atoms with van der Waals surface area (Å²) in [6.45, 7) is 0. The first-order chi connectivity index (χ1) is 24.3. The standard InChI is InChI=1S/C46H34N2S/c1-3-14-36(15-4-1)47(40-30-31-43-42-19-9-10-21-45(42)49-46(43)32-40)38-26-22-33(23-27-38)34-24-28-39(29-25-34)48(37-16-5-2-6-17-37)44-20-11-13-35-12-7-8-18-41(35)44/h1-8,10-18,20-32H,9,19H2. The van der Waals surface area contributed by atoms with Crippen molar-refractivity contribution >= 4 is 72.4 Å². The fraction of sp³-hybridized carbons (Fsp3) is 0.0435. The van der Waals surface area contributed by atoms with Crippen molar-refractivity contribution in [2.75, 3.05) is 9.80 Å². The Labute approximate surface area is 291 Å². The Morgan fingerprint density at radius 1 is 0.449 bits per heavy atom. The maximum Gasteiger partial charge on any atom is 0.0540 e. The number of nitrogens with zero attached hydrogens (tertiary/aromatic N) is 2. The van der Waals surface area contributed by atoms with Crippen molar-refractivity contribution in [2.45, 2.75) is 12.8 Å². The molecule has 0 atom stereocenters. The zero-order valence-corrected chi connectivity index (χ0v) is 27.9. The number of hydrogen-bond acceptors (Lipinski definition) is 3. The molecule has 0 N–H and O–H groups in total. The molecule has 1 aromatic heterocycles. The van der Waals surface area contributed by atoms with Gasteiger partial charge in [0.05, 0.1) is 5.69 Å². The third-order valence-corrected chi connectivity index (χ3v) is 10.7. The van der Waals surface area contributed by atoms with Gasteiger partial charge in [-0.1, -0.05) is 109 Å². The van der Waals surface area contributed by atoms with Crippen molar-refractivity contribution in [1.29, 1.82) is 0 Å². The predicted molar refractivity (Wildman–Crippen MR) is 211 cm³/mol. The van der Waals surface area contributed by atoms with E-state index in [1.807, 2.05) is 11.3 Å². The van der Waals surface area contributed by atoms with E-state index in [2.05, 4.69) is 192 Å². The van der Waals surface area contributed by atoms with Gasteiger partial charge in [0.25, 0.3) is 0 Å². The summed E-state index contributed by atoms with van der Waals surface area (Å²) in [4.78, 5) is 6.12. The van der Waals surface area contributed by atoms with Crippen molar-refractivity contribution in [3.8, 4) is 11.1 Å². The predicted octanol–water partition coefficient (Wildman–Crippen LogP) is 13.6. The van der Waals surface area contributed by atoms with E-state index in [0.29, 0.717) is 0 Å². The van der Waals surface area contributed by atoms with Gasteiger partial charge in [-0.3, -0.25) is 0 Å². The highest BCUT2D eigenvalue weighted by Gasteiger charge is 2.18. The summed E-state index contributed by atoms with van der Waals surface area (Å²) in [7, 11) is 0. The number of benzene rings is 7. The van der Waals surface area contributed by atoms with Crippen LogP contribution in [0.3, 0.4) is 0 Å². The molecule has 0 saturated heterocycles. The fourth-order valence-corrected chi connectivity index (χ4v) is 8.36. The van der Waals surface area contributed by atoms with E-state index in [1.54, 1.807) is 0 Å². The maximum absolute atomic E-state index is 2.36. The molecular formula is C46H34N2S. The average Bonchev–Trinajstić information content (AvgIpc) is 3.55. The highest BCUT2D eigenvalue weighted by molar-refractivity contribution is 7.20. The molecule has 0 bridgehead atoms. The molecule has 0 aliphatic heterocycles. The van der Waals surface area contributed by atoms with E-state index in [4.69, 9.17) is 0 Å². The number of hydrogen-bond donors (Lipinski definition) is 0. The van der Waals surface area contributed by atoms with Gasteiger partial charge < -0.3 is 9.80 Å². The number of thiophene rings is 1. The number of aryl methyl sites for hydroxylation is 1. The van der Waals surface area contributed by atoms with Gasteiger partial charge in [-0.25, -0.2) is 0 Å². The van der Waals surface area contributed by atoms with E-state index in [0.717, 1.165) is 35.6 Å². The van der Waals surface area contributed by atoms with Crippen molar-refractivity contribution in [2.24, 2.45) is 0 Å². The molecule has 0 unspecified atom stereocenters. The van der Waals surface area contributed by atoms with Crippen molar-refractivity contribution in [3.05, 3.63) is 186 Å². The van der Waals surface area contributed by atoms with Crippen LogP contribution in [0.15, 0.2) is 176 Å². The Morgan fingerprint density at radius 3 is 1.73 bits per heavy atom. The first-order valence-corrected chi connectivity index (χ1v) is 17.7. The molecule has 7 aromatic carbocycles. The monoisotopic (exact) mass is 646 g/mol. The molecule has 1 aliphatic rings. The van der Waals surface area contributed by atoms with Gasteiger partial charge in [0.1, 0.15) is 0 Å². The molecule has 0 fully saturated rings. The van der Waals surface area contributed by atoms with Crippen LogP contribution in [0.4, 0.5) is 34.1 Å². The van der Waals surface area contributed by atoms with Gasteiger partial charge in [-0.15, -0.1) is 11.3 Å². The summed E-state index contributed by atoms with van der Waals surface area (Å²) < 4.78 is 1.35. The lowest BCUT2D eigenvalue weighted by Crippen LogP contribution is -2.10. The number of para-hydroxylation sites is 2. The average molecular weight is 647 g/mol. The molecule has 2 nitrogen and oxygen atoms in total. The smallest absolute Gasteiger partial charge is 0.0540 e. The second-order valence-electron chi connectivity index (χ2n) is 12.5. The lowest BCUT2D eigenvalue weighted by Gasteiger charge is -2.27. The van der Waals surface area contributed by atoms with E-state index >= 15 is 0 Å². The highest BCUT2D eigenvalue weighted by Crippen LogP contribution is 2.42. The van der Waals surface area contributed by atoms with Crippen LogP contribution in [-0.2, 0) is 6.42 Å². The minimum atomic E-state index is 1.12. The molecule has 9 rings (SSSR count). The first-order valence-electron chi connectivity index (χ1n) is 16.9. The Kier molecular flexibility index (Phi) is 7.53. The van der Waals surface area contributed by atoms with Crippen LogP contribution in [0.2, 0.25) is 0 Å². The van der Waals surface area contributed by atoms with E-state index in [-0.39, 0.29) is 0 Å². The third kappa shape index (κ3) is 5.48. The zero-order chi connectivity index (χ0) is 32.6. The molecule has 8 aromatic rings. The molecule has 0 amide bonds. The summed E-state index contributed by atoms with van der Waals surface area (Å²) in [5.41, 5.74) is 10.8.